The molecule has 0 aromatic rings. The summed E-state index contributed by atoms with van der Waals surface area (Å²) >= 11 is 0. The third kappa shape index (κ3) is 4.09. The van der Waals surface area contributed by atoms with E-state index < -0.39 is 17.8 Å². The van der Waals surface area contributed by atoms with Crippen molar-refractivity contribution in [2.45, 2.75) is 52.5 Å². The molecule has 1 aliphatic heterocycles. The molecule has 2 fully saturated rings. The minimum atomic E-state index is -0.914. The molecular weight excluding hydrogens is 298 g/mol. The van der Waals surface area contributed by atoms with Gasteiger partial charge in [-0.3, -0.25) is 19.3 Å². The average molecular weight is 323 g/mol. The zero-order chi connectivity index (χ0) is 17.1. The van der Waals surface area contributed by atoms with E-state index in [9.17, 15) is 19.2 Å². The number of urea groups is 1. The van der Waals surface area contributed by atoms with Crippen LogP contribution in [0.2, 0.25) is 0 Å². The highest BCUT2D eigenvalue weighted by Crippen LogP contribution is 2.23. The molecule has 0 radical (unpaired) electrons. The van der Waals surface area contributed by atoms with Crippen molar-refractivity contribution in [3.05, 3.63) is 0 Å². The Bertz CT molecular complexity index is 509. The molecule has 0 unspecified atom stereocenters. The lowest BCUT2D eigenvalue weighted by molar-refractivity contribution is -0.144. The van der Waals surface area contributed by atoms with E-state index in [1.54, 1.807) is 0 Å². The van der Waals surface area contributed by atoms with E-state index in [2.05, 4.69) is 12.2 Å². The first-order chi connectivity index (χ1) is 10.8. The standard InChI is InChI=1S/C16H25N3O4/c1-10(2)8-18-14(21)15(22)19(16(18)23)9-13(20)17-12-6-4-11(3)5-7-12/h10-12H,4-9H2,1-3H3,(H,17,20). The molecule has 0 bridgehead atoms. The van der Waals surface area contributed by atoms with E-state index in [0.29, 0.717) is 5.92 Å². The first-order valence-corrected chi connectivity index (χ1v) is 8.26. The summed E-state index contributed by atoms with van der Waals surface area (Å²) in [7, 11) is 0. The molecule has 1 aliphatic carbocycles. The summed E-state index contributed by atoms with van der Waals surface area (Å²) in [6.45, 7) is 5.69. The van der Waals surface area contributed by atoms with Gasteiger partial charge < -0.3 is 5.32 Å². The molecule has 23 heavy (non-hydrogen) atoms. The molecule has 7 nitrogen and oxygen atoms in total. The zero-order valence-corrected chi connectivity index (χ0v) is 14.0. The Kier molecular flexibility index (Phi) is 5.38. The van der Waals surface area contributed by atoms with Crippen LogP contribution in [-0.4, -0.2) is 52.7 Å². The van der Waals surface area contributed by atoms with Crippen LogP contribution in [0.3, 0.4) is 0 Å². The van der Waals surface area contributed by atoms with E-state index in [4.69, 9.17) is 0 Å². The van der Waals surface area contributed by atoms with Crippen molar-refractivity contribution in [2.24, 2.45) is 11.8 Å². The van der Waals surface area contributed by atoms with Crippen molar-refractivity contribution in [1.29, 1.82) is 0 Å². The third-order valence-corrected chi connectivity index (χ3v) is 4.37. The Labute approximate surface area is 136 Å². The van der Waals surface area contributed by atoms with Crippen LogP contribution in [0.4, 0.5) is 4.79 Å². The molecule has 1 saturated carbocycles. The van der Waals surface area contributed by atoms with Gasteiger partial charge in [-0.1, -0.05) is 20.8 Å². The van der Waals surface area contributed by atoms with Crippen LogP contribution >= 0.6 is 0 Å². The van der Waals surface area contributed by atoms with Gasteiger partial charge in [-0.15, -0.1) is 0 Å². The fourth-order valence-corrected chi connectivity index (χ4v) is 3.04. The van der Waals surface area contributed by atoms with Gasteiger partial charge in [0.15, 0.2) is 0 Å². The summed E-state index contributed by atoms with van der Waals surface area (Å²) < 4.78 is 0. The maximum absolute atomic E-state index is 12.2. The molecule has 1 saturated heterocycles. The minimum absolute atomic E-state index is 0.0636. The van der Waals surface area contributed by atoms with Crippen LogP contribution in [0.1, 0.15) is 46.5 Å². The maximum Gasteiger partial charge on any atom is 0.334 e. The van der Waals surface area contributed by atoms with Crippen molar-refractivity contribution >= 4 is 23.8 Å². The average Bonchev–Trinajstić information content (AvgIpc) is 2.67. The van der Waals surface area contributed by atoms with E-state index in [0.717, 1.165) is 35.5 Å². The predicted molar refractivity (Wildman–Crippen MR) is 83.2 cm³/mol. The van der Waals surface area contributed by atoms with Crippen LogP contribution in [0, 0.1) is 11.8 Å². The van der Waals surface area contributed by atoms with Gasteiger partial charge in [-0.05, 0) is 37.5 Å². The van der Waals surface area contributed by atoms with Gasteiger partial charge >= 0.3 is 17.8 Å². The zero-order valence-electron chi connectivity index (χ0n) is 14.0. The highest BCUT2D eigenvalue weighted by molar-refractivity contribution is 6.45. The number of amides is 5. The summed E-state index contributed by atoms with van der Waals surface area (Å²) in [6, 6.07) is -0.602. The van der Waals surface area contributed by atoms with Crippen LogP contribution in [0.5, 0.6) is 0 Å². The van der Waals surface area contributed by atoms with Gasteiger partial charge in [-0.25, -0.2) is 9.69 Å². The number of carbonyl (C=O) groups is 4. The Hall–Kier alpha value is -1.92. The molecule has 1 heterocycles. The number of hydrogen-bond donors (Lipinski definition) is 1. The highest BCUT2D eigenvalue weighted by Gasteiger charge is 2.45. The second-order valence-corrected chi connectivity index (χ2v) is 7.01. The molecule has 0 aromatic heterocycles. The van der Waals surface area contributed by atoms with E-state index in [-0.39, 0.29) is 31.0 Å². The molecule has 2 rings (SSSR count). The molecule has 0 spiro atoms. The van der Waals surface area contributed by atoms with Gasteiger partial charge in [0.2, 0.25) is 5.91 Å². The van der Waals surface area contributed by atoms with Crippen molar-refractivity contribution in [1.82, 2.24) is 15.1 Å². The summed E-state index contributed by atoms with van der Waals surface area (Å²) in [5, 5.41) is 2.86. The number of hydrogen-bond acceptors (Lipinski definition) is 4. The SMILES string of the molecule is CC(C)CN1C(=O)C(=O)N(CC(=O)NC2CCC(C)CC2)C1=O. The Balaban J connectivity index is 1.91. The monoisotopic (exact) mass is 323 g/mol. The number of imide groups is 2. The van der Waals surface area contributed by atoms with Crippen molar-refractivity contribution in [3.8, 4) is 0 Å². The second kappa shape index (κ2) is 7.10. The molecule has 7 heteroatoms. The fraction of sp³-hybridized carbons (Fsp3) is 0.750. The van der Waals surface area contributed by atoms with Crippen LogP contribution < -0.4 is 5.32 Å². The lowest BCUT2D eigenvalue weighted by Crippen LogP contribution is -2.45. The largest absolute Gasteiger partial charge is 0.352 e. The van der Waals surface area contributed by atoms with E-state index in [1.807, 2.05) is 13.8 Å². The molecule has 128 valence electrons. The van der Waals surface area contributed by atoms with Gasteiger partial charge in [0.25, 0.3) is 0 Å². The predicted octanol–water partition coefficient (Wildman–Crippen LogP) is 1.13. The van der Waals surface area contributed by atoms with E-state index in [1.165, 1.54) is 0 Å². The number of nitrogens with zero attached hydrogens (tertiary/aromatic N) is 2. The maximum atomic E-state index is 12.2. The molecule has 5 amide bonds. The molecular formula is C16H25N3O4. The van der Waals surface area contributed by atoms with Gasteiger partial charge in [0.1, 0.15) is 6.54 Å². The third-order valence-electron chi connectivity index (χ3n) is 4.37. The molecule has 0 atom stereocenters. The minimum Gasteiger partial charge on any atom is -0.352 e. The number of nitrogens with one attached hydrogen (secondary N) is 1. The lowest BCUT2D eigenvalue weighted by atomic mass is 9.87. The van der Waals surface area contributed by atoms with Crippen LogP contribution in [-0.2, 0) is 14.4 Å². The smallest absolute Gasteiger partial charge is 0.334 e. The van der Waals surface area contributed by atoms with E-state index >= 15 is 0 Å². The number of rotatable bonds is 5. The summed E-state index contributed by atoms with van der Waals surface area (Å²) in [5.74, 6) is -1.41. The molecule has 1 N–H and O–H groups in total. The lowest BCUT2D eigenvalue weighted by Gasteiger charge is -2.27. The van der Waals surface area contributed by atoms with Crippen LogP contribution in [0.25, 0.3) is 0 Å². The van der Waals surface area contributed by atoms with Crippen molar-refractivity contribution in [2.75, 3.05) is 13.1 Å². The Morgan fingerprint density at radius 3 is 2.22 bits per heavy atom. The van der Waals surface area contributed by atoms with Crippen molar-refractivity contribution in [3.63, 3.8) is 0 Å². The summed E-state index contributed by atoms with van der Waals surface area (Å²) in [6.07, 6.45) is 3.95. The first-order valence-electron chi connectivity index (χ1n) is 8.26. The van der Waals surface area contributed by atoms with Gasteiger partial charge in [0, 0.05) is 12.6 Å². The summed E-state index contributed by atoms with van der Waals surface area (Å²) in [5.41, 5.74) is 0. The normalized spacial score (nSPS) is 25.5. The Morgan fingerprint density at radius 2 is 1.65 bits per heavy atom. The van der Waals surface area contributed by atoms with Crippen molar-refractivity contribution < 1.29 is 19.2 Å². The first kappa shape index (κ1) is 17.4. The Morgan fingerprint density at radius 1 is 1.09 bits per heavy atom. The quantitative estimate of drug-likeness (QED) is 0.607. The van der Waals surface area contributed by atoms with Gasteiger partial charge in [0.05, 0.1) is 0 Å². The van der Waals surface area contributed by atoms with Gasteiger partial charge in [-0.2, -0.15) is 0 Å². The number of carbonyl (C=O) groups excluding carboxylic acids is 4. The molecule has 0 aromatic carbocycles. The highest BCUT2D eigenvalue weighted by atomic mass is 16.2. The topological polar surface area (TPSA) is 86.8 Å². The second-order valence-electron chi connectivity index (χ2n) is 7.01. The molecule has 2 aliphatic rings. The fourth-order valence-electron chi connectivity index (χ4n) is 3.04. The summed E-state index contributed by atoms with van der Waals surface area (Å²) in [4.78, 5) is 49.7. The van der Waals surface area contributed by atoms with Crippen LogP contribution in [0.15, 0.2) is 0 Å².